The minimum atomic E-state index is -4.54. The maximum atomic E-state index is 13.0. The Morgan fingerprint density at radius 2 is 1.72 bits per heavy atom. The summed E-state index contributed by atoms with van der Waals surface area (Å²) in [4.78, 5) is 32.4. The zero-order chi connectivity index (χ0) is 21.0. The number of rotatable bonds is 4. The first-order chi connectivity index (χ1) is 13.7. The van der Waals surface area contributed by atoms with Crippen molar-refractivity contribution in [1.82, 2.24) is 14.8 Å². The summed E-state index contributed by atoms with van der Waals surface area (Å²) in [5.41, 5.74) is -0.0102. The molecule has 2 heterocycles. The van der Waals surface area contributed by atoms with E-state index < -0.39 is 17.6 Å². The number of amides is 2. The molecule has 29 heavy (non-hydrogen) atoms. The van der Waals surface area contributed by atoms with Gasteiger partial charge in [0.25, 0.3) is 5.91 Å². The number of benzene rings is 1. The minimum Gasteiger partial charge on any atom is -0.335 e. The molecular weight excluding hydrogens is 385 g/mol. The van der Waals surface area contributed by atoms with E-state index in [0.717, 1.165) is 11.8 Å². The number of hydrogen-bond donors (Lipinski definition) is 1. The highest BCUT2D eigenvalue weighted by Crippen LogP contribution is 2.34. The number of para-hydroxylation sites is 1. The molecule has 0 unspecified atom stereocenters. The fraction of sp³-hybridized carbons (Fsp3) is 0.350. The summed E-state index contributed by atoms with van der Waals surface area (Å²) in [6.07, 6.45) is -4.54. The largest absolute Gasteiger partial charge is 0.418 e. The van der Waals surface area contributed by atoms with Crippen molar-refractivity contribution >= 4 is 17.5 Å². The monoisotopic (exact) mass is 406 g/mol. The van der Waals surface area contributed by atoms with Crippen LogP contribution in [0.2, 0.25) is 0 Å². The van der Waals surface area contributed by atoms with Crippen LogP contribution in [0.5, 0.6) is 0 Å². The molecule has 9 heteroatoms. The smallest absolute Gasteiger partial charge is 0.335 e. The Morgan fingerprint density at radius 3 is 2.38 bits per heavy atom. The standard InChI is InChI=1S/C20H21F3N4O2/c1-14-5-4-8-17(24-14)19(29)27-11-9-26(10-12-27)13-18(28)25-16-7-3-2-6-15(16)20(21,22)23/h2-8H,9-13H2,1H3,(H,25,28). The number of nitrogens with one attached hydrogen (secondary N) is 1. The summed E-state index contributed by atoms with van der Waals surface area (Å²) in [6.45, 7) is 3.50. The molecule has 1 saturated heterocycles. The van der Waals surface area contributed by atoms with Crippen LogP contribution in [0, 0.1) is 6.92 Å². The molecule has 3 rings (SSSR count). The van der Waals surface area contributed by atoms with Gasteiger partial charge in [-0.1, -0.05) is 18.2 Å². The van der Waals surface area contributed by atoms with E-state index in [-0.39, 0.29) is 18.1 Å². The summed E-state index contributed by atoms with van der Waals surface area (Å²) >= 11 is 0. The van der Waals surface area contributed by atoms with Gasteiger partial charge in [0.05, 0.1) is 17.8 Å². The molecule has 0 radical (unpaired) electrons. The summed E-state index contributed by atoms with van der Waals surface area (Å²) < 4.78 is 39.1. The van der Waals surface area contributed by atoms with Gasteiger partial charge in [0, 0.05) is 31.9 Å². The van der Waals surface area contributed by atoms with Crippen molar-refractivity contribution in [3.8, 4) is 0 Å². The molecule has 0 spiro atoms. The summed E-state index contributed by atoms with van der Waals surface area (Å²) in [6, 6.07) is 10.1. The van der Waals surface area contributed by atoms with Gasteiger partial charge in [-0.15, -0.1) is 0 Å². The Bertz CT molecular complexity index is 893. The van der Waals surface area contributed by atoms with Gasteiger partial charge in [0.15, 0.2) is 0 Å². The second kappa shape index (κ2) is 8.60. The second-order valence-corrected chi connectivity index (χ2v) is 6.82. The Morgan fingerprint density at radius 1 is 1.03 bits per heavy atom. The van der Waals surface area contributed by atoms with Crippen LogP contribution in [0.1, 0.15) is 21.7 Å². The molecule has 154 valence electrons. The van der Waals surface area contributed by atoms with E-state index in [0.29, 0.717) is 31.9 Å². The number of nitrogens with zero attached hydrogens (tertiary/aromatic N) is 3. The third-order valence-electron chi connectivity index (χ3n) is 4.64. The molecule has 1 aromatic carbocycles. The van der Waals surface area contributed by atoms with Gasteiger partial charge in [-0.3, -0.25) is 14.5 Å². The van der Waals surface area contributed by atoms with E-state index >= 15 is 0 Å². The minimum absolute atomic E-state index is 0.0447. The Labute approximate surface area is 166 Å². The fourth-order valence-electron chi connectivity index (χ4n) is 3.17. The van der Waals surface area contributed by atoms with Crippen LogP contribution in [0.15, 0.2) is 42.5 Å². The zero-order valence-electron chi connectivity index (χ0n) is 15.9. The molecule has 0 aliphatic carbocycles. The fourth-order valence-corrected chi connectivity index (χ4v) is 3.17. The van der Waals surface area contributed by atoms with Gasteiger partial charge >= 0.3 is 6.18 Å². The lowest BCUT2D eigenvalue weighted by atomic mass is 10.1. The molecule has 0 atom stereocenters. The Kier molecular flexibility index (Phi) is 6.17. The molecule has 2 aromatic rings. The van der Waals surface area contributed by atoms with Gasteiger partial charge in [-0.25, -0.2) is 4.98 Å². The van der Waals surface area contributed by atoms with Gasteiger partial charge in [0.1, 0.15) is 5.69 Å². The predicted octanol–water partition coefficient (Wildman–Crippen LogP) is 2.81. The molecule has 1 N–H and O–H groups in total. The molecule has 0 saturated carbocycles. The van der Waals surface area contributed by atoms with E-state index in [1.54, 1.807) is 21.9 Å². The lowest BCUT2D eigenvalue weighted by Crippen LogP contribution is -2.50. The molecule has 2 amide bonds. The highest BCUT2D eigenvalue weighted by atomic mass is 19.4. The van der Waals surface area contributed by atoms with Crippen molar-refractivity contribution in [2.75, 3.05) is 38.0 Å². The number of halogens is 3. The summed E-state index contributed by atoms with van der Waals surface area (Å²) in [7, 11) is 0. The number of pyridine rings is 1. The highest BCUT2D eigenvalue weighted by molar-refractivity contribution is 5.93. The zero-order valence-corrected chi connectivity index (χ0v) is 15.9. The first-order valence-corrected chi connectivity index (χ1v) is 9.15. The first-order valence-electron chi connectivity index (χ1n) is 9.15. The van der Waals surface area contributed by atoms with Gasteiger partial charge in [-0.05, 0) is 31.2 Å². The second-order valence-electron chi connectivity index (χ2n) is 6.82. The van der Waals surface area contributed by atoms with E-state index in [9.17, 15) is 22.8 Å². The van der Waals surface area contributed by atoms with E-state index in [1.165, 1.54) is 18.2 Å². The maximum absolute atomic E-state index is 13.0. The van der Waals surface area contributed by atoms with Gasteiger partial charge in [-0.2, -0.15) is 13.2 Å². The van der Waals surface area contributed by atoms with Gasteiger partial charge < -0.3 is 10.2 Å². The summed E-state index contributed by atoms with van der Waals surface area (Å²) in [5.74, 6) is -0.696. The predicted molar refractivity (Wildman–Crippen MR) is 101 cm³/mol. The number of aromatic nitrogens is 1. The molecule has 1 aromatic heterocycles. The number of aryl methyl sites for hydroxylation is 1. The highest BCUT2D eigenvalue weighted by Gasteiger charge is 2.33. The van der Waals surface area contributed by atoms with Crippen LogP contribution in [-0.2, 0) is 11.0 Å². The SMILES string of the molecule is Cc1cccc(C(=O)N2CCN(CC(=O)Nc3ccccc3C(F)(F)F)CC2)n1. The number of alkyl halides is 3. The molecule has 1 aliphatic heterocycles. The number of carbonyl (C=O) groups excluding carboxylic acids is 2. The van der Waals surface area contributed by atoms with Crippen LogP contribution in [0.3, 0.4) is 0 Å². The number of piperazine rings is 1. The van der Waals surface area contributed by atoms with Crippen molar-refractivity contribution in [1.29, 1.82) is 0 Å². The van der Waals surface area contributed by atoms with Crippen molar-refractivity contribution in [3.05, 3.63) is 59.4 Å². The Balaban J connectivity index is 1.54. The molecule has 6 nitrogen and oxygen atoms in total. The van der Waals surface area contributed by atoms with Crippen LogP contribution >= 0.6 is 0 Å². The van der Waals surface area contributed by atoms with Crippen molar-refractivity contribution in [2.24, 2.45) is 0 Å². The molecule has 1 aliphatic rings. The van der Waals surface area contributed by atoms with E-state index in [1.807, 2.05) is 13.0 Å². The van der Waals surface area contributed by atoms with E-state index in [4.69, 9.17) is 0 Å². The topological polar surface area (TPSA) is 65.5 Å². The molecular formula is C20H21F3N4O2. The van der Waals surface area contributed by atoms with E-state index in [2.05, 4.69) is 10.3 Å². The lowest BCUT2D eigenvalue weighted by molar-refractivity contribution is -0.137. The number of carbonyl (C=O) groups is 2. The lowest BCUT2D eigenvalue weighted by Gasteiger charge is -2.34. The molecule has 1 fully saturated rings. The first kappa shape index (κ1) is 20.8. The van der Waals surface area contributed by atoms with Crippen LogP contribution in [-0.4, -0.2) is 59.3 Å². The van der Waals surface area contributed by atoms with Crippen molar-refractivity contribution in [2.45, 2.75) is 13.1 Å². The van der Waals surface area contributed by atoms with Crippen LogP contribution in [0.25, 0.3) is 0 Å². The Hall–Kier alpha value is -2.94. The average molecular weight is 406 g/mol. The van der Waals surface area contributed by atoms with Crippen LogP contribution in [0.4, 0.5) is 18.9 Å². The molecule has 0 bridgehead atoms. The third-order valence-corrected chi connectivity index (χ3v) is 4.64. The summed E-state index contributed by atoms with van der Waals surface area (Å²) in [5, 5.41) is 2.34. The van der Waals surface area contributed by atoms with Crippen LogP contribution < -0.4 is 5.32 Å². The number of anilines is 1. The van der Waals surface area contributed by atoms with Crippen molar-refractivity contribution in [3.63, 3.8) is 0 Å². The van der Waals surface area contributed by atoms with Gasteiger partial charge in [0.2, 0.25) is 5.91 Å². The maximum Gasteiger partial charge on any atom is 0.418 e. The average Bonchev–Trinajstić information content (AvgIpc) is 2.67. The third kappa shape index (κ3) is 5.32. The quantitative estimate of drug-likeness (QED) is 0.848. The normalized spacial score (nSPS) is 15.2. The van der Waals surface area contributed by atoms with Crippen molar-refractivity contribution < 1.29 is 22.8 Å². The number of hydrogen-bond acceptors (Lipinski definition) is 4.